The number of nitrogens with one attached hydrogen (secondary N) is 2. The molecule has 0 bridgehead atoms. The molecule has 0 aliphatic carbocycles. The van der Waals surface area contributed by atoms with Crippen molar-refractivity contribution >= 4 is 29.7 Å². The normalized spacial score (nSPS) is 13.6. The van der Waals surface area contributed by atoms with E-state index in [1.54, 1.807) is 47.7 Å². The molecule has 2 amide bonds. The van der Waals surface area contributed by atoms with Crippen molar-refractivity contribution in [1.29, 1.82) is 0 Å². The van der Waals surface area contributed by atoms with E-state index >= 15 is 0 Å². The van der Waals surface area contributed by atoms with Gasteiger partial charge in [0, 0.05) is 6.54 Å². The van der Waals surface area contributed by atoms with E-state index in [2.05, 4.69) is 62.0 Å². The Bertz CT molecular complexity index is 1560. The minimum absolute atomic E-state index is 0.147. The summed E-state index contributed by atoms with van der Waals surface area (Å²) in [4.78, 5) is 32.0. The number of hydrogen-bond acceptors (Lipinski definition) is 6. The Kier molecular flexibility index (Phi) is 8.68. The molecular weight excluding hydrogens is 568 g/mol. The fourth-order valence-electron chi connectivity index (χ4n) is 5.54. The molecule has 1 aliphatic heterocycles. The number of carbonyl (C=O) groups is 2. The van der Waals surface area contributed by atoms with E-state index in [4.69, 9.17) is 9.47 Å². The maximum absolute atomic E-state index is 12.8. The smallest absolute Gasteiger partial charge is 0.437 e. The Labute approximate surface area is 264 Å². The summed E-state index contributed by atoms with van der Waals surface area (Å²) in [6, 6.07) is 31.0. The van der Waals surface area contributed by atoms with Gasteiger partial charge in [-0.05, 0) is 58.2 Å². The summed E-state index contributed by atoms with van der Waals surface area (Å²) in [6.45, 7) is 11.7. The molecule has 1 aromatic heterocycles. The van der Waals surface area contributed by atoms with E-state index in [1.165, 1.54) is 0 Å². The second-order valence-electron chi connectivity index (χ2n) is 12.8. The van der Waals surface area contributed by atoms with Crippen molar-refractivity contribution in [2.75, 3.05) is 16.8 Å². The molecule has 2 heterocycles. The molecule has 0 unspecified atom stereocenters. The van der Waals surface area contributed by atoms with E-state index in [-0.39, 0.29) is 5.96 Å². The van der Waals surface area contributed by atoms with Crippen LogP contribution in [0.2, 0.25) is 0 Å². The molecule has 10 heteroatoms. The lowest BCUT2D eigenvalue weighted by atomic mass is 9.75. The lowest BCUT2D eigenvalue weighted by Crippen LogP contribution is -2.48. The van der Waals surface area contributed by atoms with Gasteiger partial charge < -0.3 is 19.7 Å². The standard InChI is InChI=1S/C35H40N6O4/c1-33(2,3)44-31(42)38-30(39-32(43)45-34(4,5)6)37-28-24-36-41-23-22-40(29(28)41)35(25-16-10-7-11-17-25,26-18-12-8-13-19-26)27-20-14-9-15-21-27/h7-21,24H,22-23H2,1-6H3,(H2,37,38,39,42,43). The van der Waals surface area contributed by atoms with Crippen molar-refractivity contribution in [3.8, 4) is 0 Å². The number of nitrogens with zero attached hydrogens (tertiary/aromatic N) is 4. The number of fused-ring (bicyclic) bond motifs is 1. The fourth-order valence-corrected chi connectivity index (χ4v) is 5.54. The summed E-state index contributed by atoms with van der Waals surface area (Å²) in [6.07, 6.45) is 0.0216. The molecule has 0 spiro atoms. The highest BCUT2D eigenvalue weighted by molar-refractivity contribution is 6.07. The second-order valence-corrected chi connectivity index (χ2v) is 12.8. The number of rotatable bonds is 5. The van der Waals surface area contributed by atoms with Gasteiger partial charge in [-0.1, -0.05) is 91.0 Å². The number of ether oxygens (including phenoxy) is 2. The third-order valence-corrected chi connectivity index (χ3v) is 7.05. The number of alkyl carbamates (subject to hydrolysis) is 1. The van der Waals surface area contributed by atoms with Gasteiger partial charge in [-0.15, -0.1) is 4.99 Å². The minimum atomic E-state index is -0.867. The quantitative estimate of drug-likeness (QED) is 0.144. The first-order valence-electron chi connectivity index (χ1n) is 15.0. The minimum Gasteiger partial charge on any atom is -0.444 e. The summed E-state index contributed by atoms with van der Waals surface area (Å²) in [5.74, 6) is 0.611. The third kappa shape index (κ3) is 7.01. The zero-order valence-corrected chi connectivity index (χ0v) is 26.6. The molecule has 0 saturated heterocycles. The van der Waals surface area contributed by atoms with Crippen molar-refractivity contribution < 1.29 is 19.1 Å². The summed E-state index contributed by atoms with van der Waals surface area (Å²) >= 11 is 0. The van der Waals surface area contributed by atoms with E-state index < -0.39 is 28.9 Å². The number of amides is 2. The van der Waals surface area contributed by atoms with Crippen molar-refractivity contribution in [3.63, 3.8) is 0 Å². The molecule has 0 fully saturated rings. The molecule has 5 rings (SSSR count). The monoisotopic (exact) mass is 608 g/mol. The molecule has 4 aromatic rings. The maximum atomic E-state index is 12.8. The van der Waals surface area contributed by atoms with Crippen molar-refractivity contribution in [2.24, 2.45) is 4.99 Å². The Morgan fingerprint density at radius 2 is 1.22 bits per heavy atom. The molecule has 10 nitrogen and oxygen atoms in total. The van der Waals surface area contributed by atoms with Crippen molar-refractivity contribution in [1.82, 2.24) is 15.1 Å². The molecule has 0 atom stereocenters. The van der Waals surface area contributed by atoms with Gasteiger partial charge in [0.25, 0.3) is 0 Å². The molecule has 2 N–H and O–H groups in total. The Morgan fingerprint density at radius 1 is 0.733 bits per heavy atom. The van der Waals surface area contributed by atoms with E-state index in [0.29, 0.717) is 18.8 Å². The number of carbonyl (C=O) groups excluding carboxylic acids is 2. The van der Waals surface area contributed by atoms with Gasteiger partial charge in [-0.3, -0.25) is 5.32 Å². The van der Waals surface area contributed by atoms with Crippen molar-refractivity contribution in [3.05, 3.63) is 114 Å². The SMILES string of the molecule is CC(C)(C)OC(=O)/N=C(/NC(=O)OC(C)(C)C)Nc1cnn2c1N(C(c1ccccc1)(c1ccccc1)c1ccccc1)CC2. The highest BCUT2D eigenvalue weighted by Crippen LogP contribution is 2.48. The molecule has 3 aromatic carbocycles. The number of benzene rings is 3. The number of aliphatic imine (C=N–C) groups is 1. The Balaban J connectivity index is 1.64. The first kappa shape index (κ1) is 31.3. The van der Waals surface area contributed by atoms with E-state index in [9.17, 15) is 9.59 Å². The van der Waals surface area contributed by atoms with E-state index in [0.717, 1.165) is 22.5 Å². The molecule has 1 aliphatic rings. The predicted octanol–water partition coefficient (Wildman–Crippen LogP) is 6.92. The lowest BCUT2D eigenvalue weighted by Gasteiger charge is -2.44. The molecule has 234 valence electrons. The average Bonchev–Trinajstić information content (AvgIpc) is 3.57. The van der Waals surface area contributed by atoms with Gasteiger partial charge in [-0.2, -0.15) is 5.10 Å². The van der Waals surface area contributed by atoms with Gasteiger partial charge in [0.2, 0.25) is 5.96 Å². The van der Waals surface area contributed by atoms with Gasteiger partial charge in [0.05, 0.1) is 12.7 Å². The van der Waals surface area contributed by atoms with Crippen LogP contribution in [0.1, 0.15) is 58.2 Å². The molecular formula is C35H40N6O4. The Morgan fingerprint density at radius 3 is 1.69 bits per heavy atom. The van der Waals surface area contributed by atoms with Crippen LogP contribution in [-0.4, -0.2) is 45.7 Å². The van der Waals surface area contributed by atoms with Gasteiger partial charge >= 0.3 is 12.2 Å². The molecule has 45 heavy (non-hydrogen) atoms. The zero-order valence-electron chi connectivity index (χ0n) is 26.6. The fraction of sp³-hybridized carbons (Fsp3) is 0.314. The van der Waals surface area contributed by atoms with Crippen LogP contribution in [-0.2, 0) is 21.6 Å². The van der Waals surface area contributed by atoms with Gasteiger partial charge in [-0.25, -0.2) is 14.3 Å². The predicted molar refractivity (Wildman–Crippen MR) is 175 cm³/mol. The number of aromatic nitrogens is 2. The highest BCUT2D eigenvalue weighted by Gasteiger charge is 2.46. The maximum Gasteiger partial charge on any atom is 0.437 e. The van der Waals surface area contributed by atoms with Crippen LogP contribution in [0.5, 0.6) is 0 Å². The average molecular weight is 609 g/mol. The largest absolute Gasteiger partial charge is 0.444 e. The third-order valence-electron chi connectivity index (χ3n) is 7.05. The van der Waals surface area contributed by atoms with Crippen LogP contribution < -0.4 is 15.5 Å². The summed E-state index contributed by atoms with van der Waals surface area (Å²) in [5, 5.41) is 10.4. The van der Waals surface area contributed by atoms with Crippen LogP contribution in [0.25, 0.3) is 0 Å². The zero-order chi connectivity index (χ0) is 32.2. The number of anilines is 2. The second kappa shape index (κ2) is 12.5. The summed E-state index contributed by atoms with van der Waals surface area (Å²) in [7, 11) is 0. The number of hydrogen-bond donors (Lipinski definition) is 2. The van der Waals surface area contributed by atoms with Crippen LogP contribution in [0.3, 0.4) is 0 Å². The van der Waals surface area contributed by atoms with Crippen LogP contribution in [0.15, 0.2) is 102 Å². The van der Waals surface area contributed by atoms with Crippen LogP contribution >= 0.6 is 0 Å². The lowest BCUT2D eigenvalue weighted by molar-refractivity contribution is 0.0562. The van der Waals surface area contributed by atoms with Crippen LogP contribution in [0.4, 0.5) is 21.1 Å². The molecule has 0 saturated carbocycles. The molecule has 0 radical (unpaired) electrons. The highest BCUT2D eigenvalue weighted by atomic mass is 16.6. The van der Waals surface area contributed by atoms with Gasteiger partial charge in [0.1, 0.15) is 22.4 Å². The number of guanidine groups is 1. The summed E-state index contributed by atoms with van der Waals surface area (Å²) in [5.41, 5.74) is 1.44. The van der Waals surface area contributed by atoms with E-state index in [1.807, 2.05) is 59.3 Å². The van der Waals surface area contributed by atoms with Gasteiger partial charge in [0.15, 0.2) is 5.82 Å². The topological polar surface area (TPSA) is 110 Å². The first-order chi connectivity index (χ1) is 21.4. The van der Waals surface area contributed by atoms with Crippen molar-refractivity contribution in [2.45, 2.75) is 64.8 Å². The Hall–Kier alpha value is -5.12. The van der Waals surface area contributed by atoms with Crippen LogP contribution in [0, 0.1) is 0 Å². The summed E-state index contributed by atoms with van der Waals surface area (Å²) < 4.78 is 12.8. The first-order valence-corrected chi connectivity index (χ1v) is 15.0.